The fourth-order valence-corrected chi connectivity index (χ4v) is 11.4. The van der Waals surface area contributed by atoms with E-state index in [9.17, 15) is 24.3 Å². The molecule has 8 N–H and O–H groups in total. The van der Waals surface area contributed by atoms with Crippen molar-refractivity contribution in [1.82, 2.24) is 54.6 Å². The quantitative estimate of drug-likeness (QED) is 0.0508. The molecule has 8 heterocycles. The van der Waals surface area contributed by atoms with E-state index in [1.165, 1.54) is 27.6 Å². The van der Waals surface area contributed by atoms with Crippen LogP contribution < -0.4 is 21.7 Å². The number of anilines is 4. The third-order valence-corrected chi connectivity index (χ3v) is 16.1. The predicted molar refractivity (Wildman–Crippen MR) is 301 cm³/mol. The first-order valence-corrected chi connectivity index (χ1v) is 26.2. The number of hydrogen-bond acceptors (Lipinski definition) is 17. The van der Waals surface area contributed by atoms with Crippen molar-refractivity contribution in [2.75, 3.05) is 36.9 Å². The maximum absolute atomic E-state index is 13.4. The summed E-state index contributed by atoms with van der Waals surface area (Å²) in [6, 6.07) is 24.0. The fourth-order valence-electron chi connectivity index (χ4n) is 8.50. The number of carboxylic acid groups (broad SMARTS) is 1. The van der Waals surface area contributed by atoms with E-state index in [1.54, 1.807) is 93.6 Å². The van der Waals surface area contributed by atoms with Gasteiger partial charge in [0.05, 0.1) is 81.0 Å². The van der Waals surface area contributed by atoms with Crippen LogP contribution in [0.5, 0.6) is 0 Å². The molecule has 2 atom stereocenters. The number of aliphatic hydroxyl groups excluding tert-OH is 2. The maximum Gasteiger partial charge on any atom is 0.323 e. The highest BCUT2D eigenvalue weighted by Gasteiger charge is 2.47. The van der Waals surface area contributed by atoms with Crippen molar-refractivity contribution in [3.8, 4) is 21.1 Å². The third-order valence-electron chi connectivity index (χ3n) is 12.7. The van der Waals surface area contributed by atoms with Crippen molar-refractivity contribution in [3.05, 3.63) is 152 Å². The molecule has 21 nitrogen and oxygen atoms in total. The Balaban J connectivity index is 0.000000193. The second-order valence-corrected chi connectivity index (χ2v) is 21.6. The lowest BCUT2D eigenvalue weighted by atomic mass is 10.0. The first-order valence-electron chi connectivity index (χ1n) is 23.8. The monoisotopic (exact) mass is 1140 g/mol. The SMILES string of the molecule is C.Cn1nccc1Nc1nccc(-c2cc3c(s2)C(C)(C)N(CC(=O)N[C@H](CO)c2cccc(Cl)c2)C3=O)n1.Cn1nccc1Nc1nccc(-c2cc3c(s2)C(C)(C)N(CC(=O)O)C3=O)n1.N[C@H](CO)c1cccc(Cl)c1. The standard InChI is InChI=1S/C26H26ClN7O3S.C18H18N6O3S.C8H10ClNO.CH4/c1-26(2)23-17(12-20(38-23)18-7-9-28-25(31-18)32-21-8-10-29-33(21)3)24(37)34(26)13-22(36)30-19(14-35)15-5-4-6-16(27)11-15;1-18(2)15-10(16(27)24(18)9-14(25)26)8-12(28-15)11-4-6-19-17(21-11)22-13-5-7-20-23(13)3;9-7-3-1-2-6(4-7)8(10)5-11;/h4-12,19,35H,13-14H2,1-3H3,(H,30,36)(H,28,31,32);4-8H,9H2,1-3H3,(H,25,26)(H,19,21,22);1-4,8,11H,5,10H2;1H4/t19-;;8-;/m1.1./s1. The number of carboxylic acids is 1. The van der Waals surface area contributed by atoms with Crippen LogP contribution in [-0.4, -0.2) is 115 Å². The summed E-state index contributed by atoms with van der Waals surface area (Å²) in [6.45, 7) is 6.72. The summed E-state index contributed by atoms with van der Waals surface area (Å²) in [5.74, 6) is 0.446. The summed E-state index contributed by atoms with van der Waals surface area (Å²) in [7, 11) is 3.63. The number of fused-ring (bicyclic) bond motifs is 2. The minimum Gasteiger partial charge on any atom is -0.480 e. The van der Waals surface area contributed by atoms with Gasteiger partial charge < -0.3 is 46.8 Å². The molecule has 0 spiro atoms. The molecule has 0 bridgehead atoms. The van der Waals surface area contributed by atoms with Gasteiger partial charge in [-0.05, 0) is 87.4 Å². The molecule has 3 amide bonds. The molecule has 8 aromatic rings. The predicted octanol–water partition coefficient (Wildman–Crippen LogP) is 8.30. The van der Waals surface area contributed by atoms with Gasteiger partial charge in [-0.1, -0.05) is 54.9 Å². The van der Waals surface area contributed by atoms with E-state index in [1.807, 2.05) is 72.1 Å². The number of halogens is 2. The second-order valence-electron chi connectivity index (χ2n) is 18.7. The zero-order chi connectivity index (χ0) is 55.3. The van der Waals surface area contributed by atoms with Gasteiger partial charge in [-0.15, -0.1) is 22.7 Å². The molecular formula is C53H58Cl2N14O7S2. The van der Waals surface area contributed by atoms with Crippen molar-refractivity contribution in [2.45, 2.75) is 58.3 Å². The van der Waals surface area contributed by atoms with Gasteiger partial charge in [-0.3, -0.25) is 28.5 Å². The van der Waals surface area contributed by atoms with Gasteiger partial charge in [0.2, 0.25) is 17.8 Å². The lowest BCUT2D eigenvalue weighted by molar-refractivity contribution is -0.138. The number of carbonyl (C=O) groups excluding carboxylic acids is 3. The Labute approximate surface area is 467 Å². The van der Waals surface area contributed by atoms with Crippen LogP contribution in [0.15, 0.2) is 110 Å². The zero-order valence-electron chi connectivity index (χ0n) is 42.5. The highest BCUT2D eigenvalue weighted by atomic mass is 35.5. The van der Waals surface area contributed by atoms with Gasteiger partial charge in [0.15, 0.2) is 0 Å². The van der Waals surface area contributed by atoms with Crippen molar-refractivity contribution in [3.63, 3.8) is 0 Å². The minimum atomic E-state index is -1.03. The minimum absolute atomic E-state index is 0. The van der Waals surface area contributed by atoms with Crippen molar-refractivity contribution in [2.24, 2.45) is 19.8 Å². The lowest BCUT2D eigenvalue weighted by Crippen LogP contribution is -2.46. The van der Waals surface area contributed by atoms with E-state index in [2.05, 4.69) is 46.1 Å². The molecule has 0 fully saturated rings. The Kier molecular flexibility index (Phi) is 18.1. The Morgan fingerprint density at radius 3 is 1.54 bits per heavy atom. The summed E-state index contributed by atoms with van der Waals surface area (Å²) in [6.07, 6.45) is 6.66. The van der Waals surface area contributed by atoms with E-state index >= 15 is 0 Å². The van der Waals surface area contributed by atoms with Crippen molar-refractivity contribution < 1.29 is 34.5 Å². The molecule has 408 valence electrons. The molecule has 0 saturated heterocycles. The number of carbonyl (C=O) groups is 4. The van der Waals surface area contributed by atoms with Crippen LogP contribution in [0.3, 0.4) is 0 Å². The Morgan fingerprint density at radius 2 is 1.13 bits per heavy atom. The number of thiophene rings is 2. The van der Waals surface area contributed by atoms with Gasteiger partial charge in [-0.25, -0.2) is 19.9 Å². The van der Waals surface area contributed by atoms with Crippen molar-refractivity contribution >= 4 is 93.1 Å². The number of benzene rings is 2. The molecule has 10 rings (SSSR count). The van der Waals surface area contributed by atoms with Crippen LogP contribution in [-0.2, 0) is 34.8 Å². The molecule has 25 heteroatoms. The zero-order valence-corrected chi connectivity index (χ0v) is 45.6. The molecule has 0 unspecified atom stereocenters. The average Bonchev–Trinajstić information content (AvgIpc) is 4.27. The Bertz CT molecular complexity index is 3470. The molecule has 6 aromatic heterocycles. The van der Waals surface area contributed by atoms with E-state index < -0.39 is 23.1 Å². The number of amides is 3. The highest BCUT2D eigenvalue weighted by Crippen LogP contribution is 2.47. The molecule has 78 heavy (non-hydrogen) atoms. The number of aromatic nitrogens is 8. The fraction of sp³-hybridized carbons (Fsp3) is 0.283. The highest BCUT2D eigenvalue weighted by molar-refractivity contribution is 7.16. The summed E-state index contributed by atoms with van der Waals surface area (Å²) >= 11 is 14.7. The van der Waals surface area contributed by atoms with Crippen LogP contribution in [0.25, 0.3) is 21.1 Å². The molecule has 2 aliphatic heterocycles. The third kappa shape index (κ3) is 12.7. The molecule has 0 aliphatic carbocycles. The Morgan fingerprint density at radius 1 is 0.667 bits per heavy atom. The number of nitrogens with one attached hydrogen (secondary N) is 3. The maximum atomic E-state index is 13.4. The van der Waals surface area contributed by atoms with E-state index in [0.29, 0.717) is 50.0 Å². The number of aryl methyl sites for hydroxylation is 2. The summed E-state index contributed by atoms with van der Waals surface area (Å²) in [4.78, 5) is 74.2. The number of nitrogens with zero attached hydrogens (tertiary/aromatic N) is 10. The van der Waals surface area contributed by atoms with Crippen LogP contribution in [0.1, 0.15) is 88.8 Å². The normalized spacial score (nSPS) is 14.4. The number of aliphatic hydroxyl groups is 2. The topological polar surface area (TPSA) is 285 Å². The summed E-state index contributed by atoms with van der Waals surface area (Å²) in [5.41, 5.74) is 8.17. The first kappa shape index (κ1) is 58.1. The second kappa shape index (κ2) is 24.4. The molecule has 2 aliphatic rings. The largest absolute Gasteiger partial charge is 0.480 e. The molecular weight excluding hydrogens is 1080 g/mol. The number of hydrogen-bond donors (Lipinski definition) is 7. The van der Waals surface area contributed by atoms with Crippen molar-refractivity contribution in [1.29, 1.82) is 0 Å². The van der Waals surface area contributed by atoms with Gasteiger partial charge in [0, 0.05) is 58.4 Å². The van der Waals surface area contributed by atoms with Crippen LogP contribution in [0.2, 0.25) is 10.0 Å². The van der Waals surface area contributed by atoms with Crippen LogP contribution in [0.4, 0.5) is 23.5 Å². The summed E-state index contributed by atoms with van der Waals surface area (Å²) < 4.78 is 3.35. The number of rotatable bonds is 15. The van der Waals surface area contributed by atoms with Gasteiger partial charge in [-0.2, -0.15) is 10.2 Å². The van der Waals surface area contributed by atoms with E-state index in [4.69, 9.17) is 39.1 Å². The number of aliphatic carboxylic acids is 1. The van der Waals surface area contributed by atoms with Gasteiger partial charge in [0.25, 0.3) is 11.8 Å². The van der Waals surface area contributed by atoms with Crippen LogP contribution in [0, 0.1) is 0 Å². The van der Waals surface area contributed by atoms with E-state index in [-0.39, 0.29) is 57.5 Å². The number of nitrogens with two attached hydrogens (primary N) is 1. The van der Waals surface area contributed by atoms with Crippen LogP contribution >= 0.6 is 45.9 Å². The lowest BCUT2D eigenvalue weighted by Gasteiger charge is -2.32. The summed E-state index contributed by atoms with van der Waals surface area (Å²) in [5, 5.41) is 46.1. The Hall–Kier alpha value is -7.64. The van der Waals surface area contributed by atoms with Gasteiger partial charge >= 0.3 is 5.97 Å². The average molecular weight is 1140 g/mol. The smallest absolute Gasteiger partial charge is 0.323 e. The first-order chi connectivity index (χ1) is 36.7. The molecule has 0 saturated carbocycles. The molecule has 2 aromatic carbocycles. The van der Waals surface area contributed by atoms with E-state index in [0.717, 1.165) is 36.7 Å². The molecule has 0 radical (unpaired) electrons. The van der Waals surface area contributed by atoms with Gasteiger partial charge in [0.1, 0.15) is 24.7 Å².